The van der Waals surface area contributed by atoms with E-state index in [1.165, 1.54) is 18.8 Å². The van der Waals surface area contributed by atoms with E-state index in [9.17, 15) is 26.7 Å². The molecule has 12 heteroatoms. The number of aromatic nitrogens is 3. The summed E-state index contributed by atoms with van der Waals surface area (Å²) in [6.07, 6.45) is -5.00. The van der Waals surface area contributed by atoms with Gasteiger partial charge in [0.25, 0.3) is 5.56 Å². The number of rotatable bonds is 6. The summed E-state index contributed by atoms with van der Waals surface area (Å²) in [6.45, 7) is -0.133. The summed E-state index contributed by atoms with van der Waals surface area (Å²) < 4.78 is 67.9. The summed E-state index contributed by atoms with van der Waals surface area (Å²) in [5.41, 5.74) is -0.659. The number of nitrogens with zero attached hydrogens (tertiary/aromatic N) is 3. The number of pyridine rings is 1. The van der Waals surface area contributed by atoms with Crippen LogP contribution in [0.15, 0.2) is 28.0 Å². The van der Waals surface area contributed by atoms with Gasteiger partial charge < -0.3 is 4.74 Å². The minimum absolute atomic E-state index is 0.0633. The molecule has 0 fully saturated rings. The van der Waals surface area contributed by atoms with E-state index in [0.717, 1.165) is 10.8 Å². The van der Waals surface area contributed by atoms with Gasteiger partial charge in [-0.1, -0.05) is 18.5 Å². The number of hydrogen-bond acceptors (Lipinski definition) is 5. The van der Waals surface area contributed by atoms with Gasteiger partial charge in [0, 0.05) is 11.9 Å². The first kappa shape index (κ1) is 21.4. The van der Waals surface area contributed by atoms with E-state index in [4.69, 9.17) is 11.6 Å². The molecule has 2 aromatic rings. The standard InChI is InChI=1S/C15H13ClF5N3O2S/c1-3-27-9-4-5-10(16)23-11(9)12-22-6-8(13(25)24(12)2)26-7-14(17,18)15(19,20)21/h4-6H,3,7H2,1-2H3. The van der Waals surface area contributed by atoms with Crippen LogP contribution in [-0.2, 0) is 7.05 Å². The van der Waals surface area contributed by atoms with Crippen LogP contribution in [-0.4, -0.2) is 39.0 Å². The van der Waals surface area contributed by atoms with Crippen molar-refractivity contribution in [2.24, 2.45) is 7.05 Å². The van der Waals surface area contributed by atoms with Crippen molar-refractivity contribution in [3.05, 3.63) is 33.8 Å². The predicted molar refractivity (Wildman–Crippen MR) is 90.6 cm³/mol. The van der Waals surface area contributed by atoms with Crippen LogP contribution >= 0.6 is 23.4 Å². The van der Waals surface area contributed by atoms with E-state index < -0.39 is 30.0 Å². The van der Waals surface area contributed by atoms with Crippen molar-refractivity contribution in [1.29, 1.82) is 0 Å². The lowest BCUT2D eigenvalue weighted by atomic mass is 10.3. The summed E-state index contributed by atoms with van der Waals surface area (Å²) in [6, 6.07) is 3.23. The molecular weight excluding hydrogens is 417 g/mol. The van der Waals surface area contributed by atoms with Crippen LogP contribution in [0.3, 0.4) is 0 Å². The van der Waals surface area contributed by atoms with E-state index in [0.29, 0.717) is 10.6 Å². The molecule has 0 aromatic carbocycles. The molecular formula is C15H13ClF5N3O2S. The number of ether oxygens (including phenoxy) is 1. The first-order chi connectivity index (χ1) is 12.5. The zero-order valence-electron chi connectivity index (χ0n) is 14.0. The van der Waals surface area contributed by atoms with Gasteiger partial charge in [-0.25, -0.2) is 9.97 Å². The van der Waals surface area contributed by atoms with Crippen LogP contribution in [0.25, 0.3) is 11.5 Å². The normalized spacial score (nSPS) is 12.3. The van der Waals surface area contributed by atoms with E-state index >= 15 is 0 Å². The number of halogens is 6. The minimum atomic E-state index is -5.79. The van der Waals surface area contributed by atoms with Gasteiger partial charge in [0.2, 0.25) is 5.75 Å². The van der Waals surface area contributed by atoms with E-state index in [1.54, 1.807) is 12.1 Å². The second kappa shape index (κ2) is 8.01. The Hall–Kier alpha value is -1.88. The van der Waals surface area contributed by atoms with Crippen LogP contribution in [0.2, 0.25) is 5.15 Å². The highest BCUT2D eigenvalue weighted by atomic mass is 35.5. The van der Waals surface area contributed by atoms with E-state index in [-0.39, 0.29) is 16.7 Å². The highest BCUT2D eigenvalue weighted by Gasteiger charge is 2.58. The molecule has 0 aliphatic carbocycles. The fourth-order valence-electron chi connectivity index (χ4n) is 1.95. The van der Waals surface area contributed by atoms with Crippen molar-refractivity contribution in [3.63, 3.8) is 0 Å². The summed E-state index contributed by atoms with van der Waals surface area (Å²) >= 11 is 7.29. The summed E-state index contributed by atoms with van der Waals surface area (Å²) in [5, 5.41) is 0.143. The Balaban J connectivity index is 2.39. The number of hydrogen-bond donors (Lipinski definition) is 0. The fraction of sp³-hybridized carbons (Fsp3) is 0.400. The molecule has 0 amide bonds. The van der Waals surface area contributed by atoms with Gasteiger partial charge in [0.1, 0.15) is 10.8 Å². The Bertz CT molecular complexity index is 889. The fourth-order valence-corrected chi connectivity index (χ4v) is 2.84. The van der Waals surface area contributed by atoms with Gasteiger partial charge in [-0.15, -0.1) is 11.8 Å². The quantitative estimate of drug-likeness (QED) is 0.391. The van der Waals surface area contributed by atoms with Crippen molar-refractivity contribution in [3.8, 4) is 17.3 Å². The molecule has 0 N–H and O–H groups in total. The molecule has 2 aromatic heterocycles. The third-order valence-electron chi connectivity index (χ3n) is 3.30. The van der Waals surface area contributed by atoms with Gasteiger partial charge >= 0.3 is 12.1 Å². The van der Waals surface area contributed by atoms with Crippen LogP contribution in [0.5, 0.6) is 5.75 Å². The maximum absolute atomic E-state index is 13.0. The molecule has 0 spiro atoms. The molecule has 0 saturated heterocycles. The van der Waals surface area contributed by atoms with E-state index in [2.05, 4.69) is 14.7 Å². The zero-order chi connectivity index (χ0) is 20.4. The lowest BCUT2D eigenvalue weighted by Gasteiger charge is -2.19. The number of alkyl halides is 5. The molecule has 2 rings (SSSR count). The third kappa shape index (κ3) is 4.70. The van der Waals surface area contributed by atoms with Gasteiger partial charge in [0.15, 0.2) is 12.4 Å². The van der Waals surface area contributed by atoms with Crippen molar-refractivity contribution < 1.29 is 26.7 Å². The largest absolute Gasteiger partial charge is 0.480 e. The molecule has 5 nitrogen and oxygen atoms in total. The Morgan fingerprint density at radius 2 is 1.93 bits per heavy atom. The molecule has 0 aliphatic rings. The monoisotopic (exact) mass is 429 g/mol. The van der Waals surface area contributed by atoms with E-state index in [1.807, 2.05) is 6.92 Å². The maximum atomic E-state index is 13.0. The predicted octanol–water partition coefficient (Wildman–Crippen LogP) is 4.18. The zero-order valence-corrected chi connectivity index (χ0v) is 15.6. The lowest BCUT2D eigenvalue weighted by molar-refractivity contribution is -0.290. The Kier molecular flexibility index (Phi) is 6.35. The summed E-state index contributed by atoms with van der Waals surface area (Å²) in [5.74, 6) is -5.08. The van der Waals surface area contributed by atoms with Crippen molar-refractivity contribution in [1.82, 2.24) is 14.5 Å². The van der Waals surface area contributed by atoms with Crippen LogP contribution in [0.1, 0.15) is 6.92 Å². The first-order valence-corrected chi connectivity index (χ1v) is 8.77. The molecule has 0 aliphatic heterocycles. The molecule has 0 bridgehead atoms. The topological polar surface area (TPSA) is 57.0 Å². The Morgan fingerprint density at radius 1 is 1.26 bits per heavy atom. The minimum Gasteiger partial charge on any atom is -0.480 e. The molecule has 2 heterocycles. The van der Waals surface area contributed by atoms with Crippen LogP contribution in [0, 0.1) is 0 Å². The third-order valence-corrected chi connectivity index (χ3v) is 4.44. The molecule has 0 saturated carbocycles. The smallest absolute Gasteiger partial charge is 0.456 e. The van der Waals surface area contributed by atoms with Crippen LogP contribution in [0.4, 0.5) is 22.0 Å². The second-order valence-corrected chi connectivity index (χ2v) is 6.91. The lowest BCUT2D eigenvalue weighted by Crippen LogP contribution is -2.42. The SMILES string of the molecule is CCSc1ccc(Cl)nc1-c1ncc(OCC(F)(F)C(F)(F)F)c(=O)n1C. The summed E-state index contributed by atoms with van der Waals surface area (Å²) in [7, 11) is 1.27. The molecule has 148 valence electrons. The van der Waals surface area contributed by atoms with Gasteiger partial charge in [-0.05, 0) is 17.9 Å². The molecule has 27 heavy (non-hydrogen) atoms. The highest BCUT2D eigenvalue weighted by Crippen LogP contribution is 2.35. The molecule has 0 unspecified atom stereocenters. The highest BCUT2D eigenvalue weighted by molar-refractivity contribution is 7.99. The average molecular weight is 430 g/mol. The van der Waals surface area contributed by atoms with Crippen molar-refractivity contribution in [2.45, 2.75) is 23.9 Å². The van der Waals surface area contributed by atoms with Crippen LogP contribution < -0.4 is 10.3 Å². The number of thioether (sulfide) groups is 1. The average Bonchev–Trinajstić information content (AvgIpc) is 2.57. The van der Waals surface area contributed by atoms with Gasteiger partial charge in [-0.3, -0.25) is 9.36 Å². The Morgan fingerprint density at radius 3 is 2.52 bits per heavy atom. The Labute approximate surface area is 159 Å². The second-order valence-electron chi connectivity index (χ2n) is 5.21. The van der Waals surface area contributed by atoms with Gasteiger partial charge in [-0.2, -0.15) is 22.0 Å². The molecule has 0 atom stereocenters. The first-order valence-electron chi connectivity index (χ1n) is 7.41. The maximum Gasteiger partial charge on any atom is 0.456 e. The van der Waals surface area contributed by atoms with Crippen molar-refractivity contribution in [2.75, 3.05) is 12.4 Å². The molecule has 0 radical (unpaired) electrons. The van der Waals surface area contributed by atoms with Gasteiger partial charge in [0.05, 0.1) is 6.20 Å². The summed E-state index contributed by atoms with van der Waals surface area (Å²) in [4.78, 5) is 21.0. The van der Waals surface area contributed by atoms with Crippen molar-refractivity contribution >= 4 is 23.4 Å².